The highest BCUT2D eigenvalue weighted by molar-refractivity contribution is 5.89. The Morgan fingerprint density at radius 1 is 0.963 bits per heavy atom. The van der Waals surface area contributed by atoms with Crippen LogP contribution in [0.2, 0.25) is 0 Å². The lowest BCUT2D eigenvalue weighted by Crippen LogP contribution is -2.36. The van der Waals surface area contributed by atoms with E-state index in [2.05, 4.69) is 0 Å². The zero-order chi connectivity index (χ0) is 19.2. The van der Waals surface area contributed by atoms with Crippen LogP contribution in [0, 0.1) is 0 Å². The second-order valence-corrected chi connectivity index (χ2v) is 5.92. The predicted octanol–water partition coefficient (Wildman–Crippen LogP) is 2.78. The fraction of sp³-hybridized carbons (Fsp3) is 0.300. The molecule has 0 radical (unpaired) electrons. The van der Waals surface area contributed by atoms with Gasteiger partial charge in [-0.25, -0.2) is 14.0 Å². The number of hydrogen-bond acceptors (Lipinski definition) is 6. The van der Waals surface area contributed by atoms with Gasteiger partial charge >= 0.3 is 11.9 Å². The van der Waals surface area contributed by atoms with E-state index in [0.717, 1.165) is 0 Å². The Morgan fingerprint density at radius 2 is 1.52 bits per heavy atom. The van der Waals surface area contributed by atoms with Crippen molar-refractivity contribution >= 4 is 11.9 Å². The van der Waals surface area contributed by atoms with Crippen LogP contribution in [0.1, 0.15) is 20.7 Å². The third kappa shape index (κ3) is 4.50. The third-order valence-electron chi connectivity index (χ3n) is 4.12. The molecule has 0 aromatic heterocycles. The molecule has 1 saturated heterocycles. The molecular weight excluding hydrogens is 355 g/mol. The van der Waals surface area contributed by atoms with Crippen molar-refractivity contribution in [2.24, 2.45) is 0 Å². The van der Waals surface area contributed by atoms with Crippen LogP contribution in [0.3, 0.4) is 0 Å². The van der Waals surface area contributed by atoms with E-state index in [-0.39, 0.29) is 6.61 Å². The number of halogens is 1. The number of rotatable bonds is 6. The zero-order valence-electron chi connectivity index (χ0n) is 14.6. The summed E-state index contributed by atoms with van der Waals surface area (Å²) in [6, 6.07) is 16.6. The average Bonchev–Trinajstić information content (AvgIpc) is 3.02. The van der Waals surface area contributed by atoms with Gasteiger partial charge in [-0.3, -0.25) is 0 Å². The van der Waals surface area contributed by atoms with Gasteiger partial charge in [-0.15, -0.1) is 0 Å². The molecule has 0 N–H and O–H groups in total. The number of carbonyl (C=O) groups is 2. The molecule has 1 aliphatic rings. The average molecular weight is 374 g/mol. The van der Waals surface area contributed by atoms with Crippen LogP contribution in [0.25, 0.3) is 0 Å². The van der Waals surface area contributed by atoms with Crippen molar-refractivity contribution < 1.29 is 32.9 Å². The van der Waals surface area contributed by atoms with Crippen molar-refractivity contribution in [2.45, 2.75) is 24.7 Å². The van der Waals surface area contributed by atoms with E-state index in [9.17, 15) is 14.0 Å². The van der Waals surface area contributed by atoms with Crippen molar-refractivity contribution in [1.29, 1.82) is 0 Å². The van der Waals surface area contributed by atoms with Gasteiger partial charge in [0.25, 0.3) is 0 Å². The van der Waals surface area contributed by atoms with Crippen LogP contribution in [-0.4, -0.2) is 50.3 Å². The molecule has 27 heavy (non-hydrogen) atoms. The molecule has 1 aliphatic heterocycles. The Labute approximate surface area is 155 Å². The van der Waals surface area contributed by atoms with Crippen molar-refractivity contribution in [3.8, 4) is 0 Å². The lowest BCUT2D eigenvalue weighted by molar-refractivity contribution is -0.155. The van der Waals surface area contributed by atoms with Crippen molar-refractivity contribution in [1.82, 2.24) is 0 Å². The van der Waals surface area contributed by atoms with Gasteiger partial charge in [-0.05, 0) is 24.3 Å². The molecule has 0 spiro atoms. The summed E-state index contributed by atoms with van der Waals surface area (Å²) < 4.78 is 35.6. The molecule has 6 nitrogen and oxygen atoms in total. The normalized spacial score (nSPS) is 24.4. The number of methoxy groups -OCH3 is 1. The Hall–Kier alpha value is -2.77. The van der Waals surface area contributed by atoms with Crippen molar-refractivity contribution in [3.05, 3.63) is 71.8 Å². The maximum atomic E-state index is 14.7. The van der Waals surface area contributed by atoms with E-state index in [0.29, 0.717) is 11.1 Å². The molecule has 0 unspecified atom stereocenters. The number of alkyl halides is 1. The minimum absolute atomic E-state index is 0.290. The van der Waals surface area contributed by atoms with Gasteiger partial charge in [0.1, 0.15) is 12.7 Å². The summed E-state index contributed by atoms with van der Waals surface area (Å²) in [7, 11) is 1.32. The highest BCUT2D eigenvalue weighted by Crippen LogP contribution is 2.28. The SMILES string of the molecule is CO[C@@H]1O[C@H](COC(=O)c2ccccc2)[C@@H](F)[C@@H]1OC(=O)c1ccccc1. The van der Waals surface area contributed by atoms with Crippen LogP contribution in [0.5, 0.6) is 0 Å². The molecule has 2 aromatic rings. The summed E-state index contributed by atoms with van der Waals surface area (Å²) in [5.74, 6) is -1.28. The molecular formula is C20H19FO6. The molecule has 1 fully saturated rings. The van der Waals surface area contributed by atoms with Crippen LogP contribution in [0.4, 0.5) is 4.39 Å². The standard InChI is InChI=1S/C20H19FO6/c1-24-20-17(27-19(23)14-10-6-3-7-11-14)16(21)15(26-20)12-25-18(22)13-8-4-2-5-9-13/h2-11,15-17,20H,12H2,1H3/t15-,16-,17+,20-/m1/s1. The first-order valence-electron chi connectivity index (χ1n) is 8.40. The first-order valence-corrected chi connectivity index (χ1v) is 8.40. The molecule has 0 aliphatic carbocycles. The molecule has 0 bridgehead atoms. The van der Waals surface area contributed by atoms with Gasteiger partial charge in [0, 0.05) is 7.11 Å². The number of esters is 2. The van der Waals surface area contributed by atoms with Crippen LogP contribution in [0.15, 0.2) is 60.7 Å². The summed E-state index contributed by atoms with van der Waals surface area (Å²) in [5, 5.41) is 0. The van der Waals surface area contributed by atoms with E-state index in [4.69, 9.17) is 18.9 Å². The summed E-state index contributed by atoms with van der Waals surface area (Å²) in [6.07, 6.45) is -5.15. The van der Waals surface area contributed by atoms with Crippen molar-refractivity contribution in [3.63, 3.8) is 0 Å². The maximum absolute atomic E-state index is 14.7. The molecule has 1 heterocycles. The second-order valence-electron chi connectivity index (χ2n) is 5.92. The quantitative estimate of drug-likeness (QED) is 0.724. The molecule has 7 heteroatoms. The minimum atomic E-state index is -1.70. The van der Waals surface area contributed by atoms with E-state index in [1.165, 1.54) is 7.11 Å². The van der Waals surface area contributed by atoms with Crippen LogP contribution >= 0.6 is 0 Å². The highest BCUT2D eigenvalue weighted by Gasteiger charge is 2.48. The van der Waals surface area contributed by atoms with Crippen LogP contribution < -0.4 is 0 Å². The smallest absolute Gasteiger partial charge is 0.338 e. The Morgan fingerprint density at radius 3 is 2.07 bits per heavy atom. The first kappa shape index (κ1) is 19.0. The number of ether oxygens (including phenoxy) is 4. The van der Waals surface area contributed by atoms with E-state index >= 15 is 0 Å². The predicted molar refractivity (Wildman–Crippen MR) is 92.9 cm³/mol. The zero-order valence-corrected chi connectivity index (χ0v) is 14.6. The number of benzene rings is 2. The van der Waals surface area contributed by atoms with Gasteiger partial charge < -0.3 is 18.9 Å². The fourth-order valence-corrected chi connectivity index (χ4v) is 2.71. The molecule has 3 rings (SSSR count). The third-order valence-corrected chi connectivity index (χ3v) is 4.12. The molecule has 0 amide bonds. The van der Waals surface area contributed by atoms with E-state index < -0.39 is 36.6 Å². The highest BCUT2D eigenvalue weighted by atomic mass is 19.1. The summed E-state index contributed by atoms with van der Waals surface area (Å²) >= 11 is 0. The Kier molecular flexibility index (Phi) is 6.16. The Bertz CT molecular complexity index is 767. The lowest BCUT2D eigenvalue weighted by Gasteiger charge is -2.18. The monoisotopic (exact) mass is 374 g/mol. The first-order chi connectivity index (χ1) is 13.1. The number of carbonyl (C=O) groups excluding carboxylic acids is 2. The summed E-state index contributed by atoms with van der Waals surface area (Å²) in [6.45, 7) is -0.325. The van der Waals surface area contributed by atoms with Crippen LogP contribution in [-0.2, 0) is 18.9 Å². The largest absolute Gasteiger partial charge is 0.459 e. The second kappa shape index (κ2) is 8.75. The van der Waals surface area contributed by atoms with Gasteiger partial charge in [-0.2, -0.15) is 0 Å². The Balaban J connectivity index is 1.60. The van der Waals surface area contributed by atoms with Crippen molar-refractivity contribution in [2.75, 3.05) is 13.7 Å². The van der Waals surface area contributed by atoms with Gasteiger partial charge in [-0.1, -0.05) is 36.4 Å². The van der Waals surface area contributed by atoms with E-state index in [1.807, 2.05) is 0 Å². The van der Waals surface area contributed by atoms with Gasteiger partial charge in [0.2, 0.25) is 0 Å². The van der Waals surface area contributed by atoms with Gasteiger partial charge in [0.05, 0.1) is 11.1 Å². The molecule has 0 saturated carbocycles. The summed E-state index contributed by atoms with van der Waals surface area (Å²) in [5.41, 5.74) is 0.639. The van der Waals surface area contributed by atoms with E-state index in [1.54, 1.807) is 60.7 Å². The molecule has 2 aromatic carbocycles. The molecule has 4 atom stereocenters. The summed E-state index contributed by atoms with van der Waals surface area (Å²) in [4.78, 5) is 24.2. The topological polar surface area (TPSA) is 71.1 Å². The fourth-order valence-electron chi connectivity index (χ4n) is 2.71. The lowest BCUT2D eigenvalue weighted by atomic mass is 10.1. The molecule has 142 valence electrons. The maximum Gasteiger partial charge on any atom is 0.338 e. The van der Waals surface area contributed by atoms with Gasteiger partial charge in [0.15, 0.2) is 18.6 Å². The minimum Gasteiger partial charge on any atom is -0.459 e. The number of hydrogen-bond donors (Lipinski definition) is 0.